The number of fused-ring (bicyclic) bond motifs is 1. The van der Waals surface area contributed by atoms with Crippen LogP contribution >= 0.6 is 0 Å². The van der Waals surface area contributed by atoms with Gasteiger partial charge in [0.1, 0.15) is 5.82 Å². The number of ether oxygens (including phenoxy) is 1. The molecule has 0 aliphatic rings. The maximum absolute atomic E-state index is 11.6. The first-order valence-corrected chi connectivity index (χ1v) is 7.04. The Morgan fingerprint density at radius 3 is 2.86 bits per heavy atom. The van der Waals surface area contributed by atoms with Crippen molar-refractivity contribution < 1.29 is 14.3 Å². The van der Waals surface area contributed by atoms with E-state index in [-0.39, 0.29) is 11.9 Å². The highest BCUT2D eigenvalue weighted by Gasteiger charge is 2.08. The van der Waals surface area contributed by atoms with E-state index in [0.717, 1.165) is 16.9 Å². The Bertz CT molecular complexity index is 718. The second-order valence-corrected chi connectivity index (χ2v) is 5.01. The molecule has 0 spiro atoms. The number of aromatic nitrogens is 2. The highest BCUT2D eigenvalue weighted by molar-refractivity contribution is 5.97. The molecule has 1 amide bonds. The SMILES string of the molecule is C=C(C)C(=O)OCCCc1nc2ccc(C(=O)NC)cc2[nH]1. The van der Waals surface area contributed by atoms with Gasteiger partial charge < -0.3 is 15.0 Å². The summed E-state index contributed by atoms with van der Waals surface area (Å²) in [6, 6.07) is 5.31. The van der Waals surface area contributed by atoms with Gasteiger partial charge in [0.15, 0.2) is 0 Å². The summed E-state index contributed by atoms with van der Waals surface area (Å²) in [5, 5.41) is 2.59. The molecule has 0 aliphatic heterocycles. The van der Waals surface area contributed by atoms with Gasteiger partial charge in [0.2, 0.25) is 0 Å². The summed E-state index contributed by atoms with van der Waals surface area (Å²) in [5.74, 6) is 0.292. The van der Waals surface area contributed by atoms with Gasteiger partial charge in [0, 0.05) is 24.6 Å². The molecule has 6 nitrogen and oxygen atoms in total. The Labute approximate surface area is 128 Å². The molecular formula is C16H19N3O3. The van der Waals surface area contributed by atoms with E-state index in [2.05, 4.69) is 21.9 Å². The third-order valence-electron chi connectivity index (χ3n) is 3.16. The normalized spacial score (nSPS) is 10.5. The number of rotatable bonds is 6. The number of benzene rings is 1. The summed E-state index contributed by atoms with van der Waals surface area (Å²) in [7, 11) is 1.59. The van der Waals surface area contributed by atoms with Gasteiger partial charge in [-0.3, -0.25) is 4.79 Å². The molecule has 6 heteroatoms. The number of esters is 1. The van der Waals surface area contributed by atoms with E-state index < -0.39 is 0 Å². The standard InChI is InChI=1S/C16H19N3O3/c1-10(2)16(21)22-8-4-5-14-18-12-7-6-11(15(20)17-3)9-13(12)19-14/h6-7,9H,1,4-5,8H2,2-3H3,(H,17,20)(H,18,19). The van der Waals surface area contributed by atoms with Crippen molar-refractivity contribution in [3.8, 4) is 0 Å². The molecule has 116 valence electrons. The minimum absolute atomic E-state index is 0.134. The predicted molar refractivity (Wildman–Crippen MR) is 83.6 cm³/mol. The second-order valence-electron chi connectivity index (χ2n) is 5.01. The van der Waals surface area contributed by atoms with Crippen molar-refractivity contribution >= 4 is 22.9 Å². The number of aromatic amines is 1. The first kappa shape index (κ1) is 15.8. The van der Waals surface area contributed by atoms with Crippen LogP contribution in [0.15, 0.2) is 30.4 Å². The molecule has 0 saturated heterocycles. The molecule has 0 fully saturated rings. The summed E-state index contributed by atoms with van der Waals surface area (Å²) >= 11 is 0. The quantitative estimate of drug-likeness (QED) is 0.485. The van der Waals surface area contributed by atoms with Crippen LogP contribution in [0.2, 0.25) is 0 Å². The summed E-state index contributed by atoms with van der Waals surface area (Å²) in [6.45, 7) is 5.47. The van der Waals surface area contributed by atoms with Crippen LogP contribution in [0.5, 0.6) is 0 Å². The number of hydrogen-bond donors (Lipinski definition) is 2. The number of carbonyl (C=O) groups is 2. The molecule has 0 unspecified atom stereocenters. The number of imidazole rings is 1. The van der Waals surface area contributed by atoms with E-state index >= 15 is 0 Å². The average molecular weight is 301 g/mol. The molecule has 1 aromatic heterocycles. The smallest absolute Gasteiger partial charge is 0.333 e. The van der Waals surface area contributed by atoms with Crippen LogP contribution in [0.3, 0.4) is 0 Å². The minimum atomic E-state index is -0.375. The van der Waals surface area contributed by atoms with Crippen LogP contribution in [0.1, 0.15) is 29.5 Å². The molecule has 0 aliphatic carbocycles. The fraction of sp³-hybridized carbons (Fsp3) is 0.312. The fourth-order valence-electron chi connectivity index (χ4n) is 1.99. The summed E-state index contributed by atoms with van der Waals surface area (Å²) in [4.78, 5) is 30.5. The van der Waals surface area contributed by atoms with Crippen molar-refractivity contribution in [1.29, 1.82) is 0 Å². The topological polar surface area (TPSA) is 84.1 Å². The third-order valence-corrected chi connectivity index (χ3v) is 3.16. The van der Waals surface area contributed by atoms with Crippen LogP contribution in [0.25, 0.3) is 11.0 Å². The van der Waals surface area contributed by atoms with Crippen LogP contribution < -0.4 is 5.32 Å². The zero-order valence-corrected chi connectivity index (χ0v) is 12.7. The lowest BCUT2D eigenvalue weighted by atomic mass is 10.2. The summed E-state index contributed by atoms with van der Waals surface area (Å²) in [6.07, 6.45) is 1.33. The first-order chi connectivity index (χ1) is 10.5. The van der Waals surface area contributed by atoms with Gasteiger partial charge in [-0.1, -0.05) is 6.58 Å². The van der Waals surface area contributed by atoms with Crippen LogP contribution in [0, 0.1) is 0 Å². The van der Waals surface area contributed by atoms with Gasteiger partial charge in [0.25, 0.3) is 5.91 Å². The highest BCUT2D eigenvalue weighted by atomic mass is 16.5. The lowest BCUT2D eigenvalue weighted by Crippen LogP contribution is -2.17. The summed E-state index contributed by atoms with van der Waals surface area (Å²) in [5.41, 5.74) is 2.60. The maximum atomic E-state index is 11.6. The van der Waals surface area contributed by atoms with E-state index in [4.69, 9.17) is 4.74 Å². The molecule has 22 heavy (non-hydrogen) atoms. The second kappa shape index (κ2) is 6.89. The molecule has 2 aromatic rings. The van der Waals surface area contributed by atoms with Gasteiger partial charge in [-0.15, -0.1) is 0 Å². The van der Waals surface area contributed by atoms with Gasteiger partial charge >= 0.3 is 5.97 Å². The molecule has 2 N–H and O–H groups in total. The Morgan fingerprint density at radius 1 is 1.41 bits per heavy atom. The monoisotopic (exact) mass is 301 g/mol. The Morgan fingerprint density at radius 2 is 2.18 bits per heavy atom. The zero-order chi connectivity index (χ0) is 16.1. The zero-order valence-electron chi connectivity index (χ0n) is 12.7. The number of aryl methyl sites for hydroxylation is 1. The van der Waals surface area contributed by atoms with Gasteiger partial charge in [0.05, 0.1) is 17.6 Å². The largest absolute Gasteiger partial charge is 0.462 e. The third kappa shape index (κ3) is 3.72. The maximum Gasteiger partial charge on any atom is 0.333 e. The molecule has 0 bridgehead atoms. The van der Waals surface area contributed by atoms with Crippen molar-refractivity contribution in [2.75, 3.05) is 13.7 Å². The van der Waals surface area contributed by atoms with E-state index in [1.807, 2.05) is 0 Å². The number of carbonyl (C=O) groups excluding carboxylic acids is 2. The molecule has 2 rings (SSSR count). The number of hydrogen-bond acceptors (Lipinski definition) is 4. The summed E-state index contributed by atoms with van der Waals surface area (Å²) < 4.78 is 5.03. The Hall–Kier alpha value is -2.63. The molecule has 0 radical (unpaired) electrons. The Kier molecular flexibility index (Phi) is 4.93. The number of nitrogens with zero attached hydrogens (tertiary/aromatic N) is 1. The lowest BCUT2D eigenvalue weighted by molar-refractivity contribution is -0.139. The molecule has 1 aromatic carbocycles. The van der Waals surface area contributed by atoms with Gasteiger partial charge in [-0.05, 0) is 31.5 Å². The van der Waals surface area contributed by atoms with Crippen molar-refractivity contribution in [1.82, 2.24) is 15.3 Å². The van der Waals surface area contributed by atoms with E-state index in [1.54, 1.807) is 32.2 Å². The molecular weight excluding hydrogens is 282 g/mol. The van der Waals surface area contributed by atoms with Crippen molar-refractivity contribution in [2.24, 2.45) is 0 Å². The van der Waals surface area contributed by atoms with Crippen molar-refractivity contribution in [2.45, 2.75) is 19.8 Å². The van der Waals surface area contributed by atoms with E-state index in [0.29, 0.717) is 30.6 Å². The fourth-order valence-corrected chi connectivity index (χ4v) is 1.99. The van der Waals surface area contributed by atoms with E-state index in [9.17, 15) is 9.59 Å². The molecule has 0 saturated carbocycles. The lowest BCUT2D eigenvalue weighted by Gasteiger charge is -2.02. The number of amides is 1. The first-order valence-electron chi connectivity index (χ1n) is 7.04. The van der Waals surface area contributed by atoms with Gasteiger partial charge in [-0.2, -0.15) is 0 Å². The van der Waals surface area contributed by atoms with Crippen LogP contribution in [-0.2, 0) is 16.0 Å². The molecule has 1 heterocycles. The predicted octanol–water partition coefficient (Wildman–Crippen LogP) is 1.97. The average Bonchev–Trinajstić information content (AvgIpc) is 2.92. The number of H-pyrrole nitrogens is 1. The number of nitrogens with one attached hydrogen (secondary N) is 2. The van der Waals surface area contributed by atoms with Crippen molar-refractivity contribution in [3.05, 3.63) is 41.7 Å². The van der Waals surface area contributed by atoms with Crippen LogP contribution in [0.4, 0.5) is 0 Å². The Balaban J connectivity index is 1.96. The minimum Gasteiger partial charge on any atom is -0.462 e. The van der Waals surface area contributed by atoms with Crippen LogP contribution in [-0.4, -0.2) is 35.5 Å². The van der Waals surface area contributed by atoms with Crippen molar-refractivity contribution in [3.63, 3.8) is 0 Å². The molecule has 0 atom stereocenters. The van der Waals surface area contributed by atoms with E-state index in [1.165, 1.54) is 0 Å². The van der Waals surface area contributed by atoms with Gasteiger partial charge in [-0.25, -0.2) is 9.78 Å². The highest BCUT2D eigenvalue weighted by Crippen LogP contribution is 2.14.